The highest BCUT2D eigenvalue weighted by atomic mass is 35.5. The first-order chi connectivity index (χ1) is 14.3. The quantitative estimate of drug-likeness (QED) is 0.519. The lowest BCUT2D eigenvalue weighted by Gasteiger charge is -2.22. The number of hydrogen-bond donors (Lipinski definition) is 1. The van der Waals surface area contributed by atoms with Gasteiger partial charge in [-0.15, -0.1) is 0 Å². The highest BCUT2D eigenvalue weighted by Gasteiger charge is 2.45. The first-order valence-corrected chi connectivity index (χ1v) is 9.99. The van der Waals surface area contributed by atoms with Crippen LogP contribution in [0, 0.1) is 0 Å². The van der Waals surface area contributed by atoms with Crippen molar-refractivity contribution in [3.8, 4) is 0 Å². The molecule has 1 atom stereocenters. The first-order valence-electron chi connectivity index (χ1n) is 8.82. The molecule has 0 radical (unpaired) electrons. The van der Waals surface area contributed by atoms with Gasteiger partial charge in [-0.1, -0.05) is 29.3 Å². The molecule has 1 heterocycles. The number of ether oxygens (including phenoxy) is 1. The second kappa shape index (κ2) is 9.42. The van der Waals surface area contributed by atoms with Crippen molar-refractivity contribution in [2.45, 2.75) is 12.5 Å². The third kappa shape index (κ3) is 4.89. The average Bonchev–Trinajstić information content (AvgIpc) is 2.93. The monoisotopic (exact) mass is 465 g/mol. The summed E-state index contributed by atoms with van der Waals surface area (Å²) < 4.78 is 4.71. The molecule has 3 rings (SSSR count). The Kier molecular flexibility index (Phi) is 6.91. The van der Waals surface area contributed by atoms with E-state index in [0.717, 1.165) is 0 Å². The Labute approximate surface area is 188 Å². The van der Waals surface area contributed by atoms with Crippen molar-refractivity contribution in [3.63, 3.8) is 0 Å². The summed E-state index contributed by atoms with van der Waals surface area (Å²) in [6, 6.07) is 12.2. The lowest BCUT2D eigenvalue weighted by atomic mass is 10.1. The lowest BCUT2D eigenvalue weighted by Crippen LogP contribution is -2.41. The predicted molar refractivity (Wildman–Crippen MR) is 119 cm³/mol. The van der Waals surface area contributed by atoms with E-state index in [9.17, 15) is 14.4 Å². The van der Waals surface area contributed by atoms with Crippen molar-refractivity contribution in [2.24, 2.45) is 0 Å². The smallest absolute Gasteiger partial charge is 0.325 e. The third-order valence-electron chi connectivity index (χ3n) is 4.42. The summed E-state index contributed by atoms with van der Waals surface area (Å²) in [6.07, 6.45) is -0.213. The van der Waals surface area contributed by atoms with Crippen LogP contribution < -0.4 is 10.2 Å². The van der Waals surface area contributed by atoms with Crippen LogP contribution in [-0.4, -0.2) is 47.5 Å². The van der Waals surface area contributed by atoms with Crippen molar-refractivity contribution < 1.29 is 19.1 Å². The molecule has 1 N–H and O–H groups in total. The van der Waals surface area contributed by atoms with Gasteiger partial charge in [0.2, 0.25) is 5.91 Å². The molecule has 0 aromatic heterocycles. The Hall–Kier alpha value is -2.68. The van der Waals surface area contributed by atoms with E-state index in [-0.39, 0.29) is 18.1 Å². The number of carbonyl (C=O) groups excluding carboxylic acids is 3. The summed E-state index contributed by atoms with van der Waals surface area (Å²) >= 11 is 17.3. The number of thiocarbonyl (C=S) groups is 1. The van der Waals surface area contributed by atoms with Gasteiger partial charge in [0.15, 0.2) is 5.11 Å². The molecule has 0 saturated carbocycles. The summed E-state index contributed by atoms with van der Waals surface area (Å²) in [6.45, 7) is -0.267. The van der Waals surface area contributed by atoms with Gasteiger partial charge in [-0.05, 0) is 54.7 Å². The number of rotatable bonds is 6. The predicted octanol–water partition coefficient (Wildman–Crippen LogP) is 3.50. The van der Waals surface area contributed by atoms with Crippen LogP contribution in [0.15, 0.2) is 48.5 Å². The van der Waals surface area contributed by atoms with Crippen molar-refractivity contribution in [2.75, 3.05) is 23.9 Å². The molecule has 1 saturated heterocycles. The zero-order chi connectivity index (χ0) is 21.8. The average molecular weight is 466 g/mol. The first kappa shape index (κ1) is 22.0. The van der Waals surface area contributed by atoms with Crippen molar-refractivity contribution in [1.29, 1.82) is 0 Å². The molecule has 1 unspecified atom stereocenters. The van der Waals surface area contributed by atoms with Crippen molar-refractivity contribution in [1.82, 2.24) is 4.90 Å². The highest BCUT2D eigenvalue weighted by Crippen LogP contribution is 2.29. The van der Waals surface area contributed by atoms with E-state index in [2.05, 4.69) is 5.32 Å². The number of anilines is 2. The van der Waals surface area contributed by atoms with Gasteiger partial charge in [-0.25, -0.2) is 0 Å². The fourth-order valence-corrected chi connectivity index (χ4v) is 3.69. The normalized spacial score (nSPS) is 16.0. The molecule has 10 heteroatoms. The summed E-state index contributed by atoms with van der Waals surface area (Å²) in [5, 5.41) is 3.76. The molecule has 1 fully saturated rings. The molecular formula is C20H17Cl2N3O4S. The van der Waals surface area contributed by atoms with Crippen LogP contribution in [0.1, 0.15) is 6.42 Å². The van der Waals surface area contributed by atoms with Crippen molar-refractivity contribution in [3.05, 3.63) is 58.6 Å². The Morgan fingerprint density at radius 3 is 2.47 bits per heavy atom. The van der Waals surface area contributed by atoms with Crippen molar-refractivity contribution >= 4 is 69.7 Å². The van der Waals surface area contributed by atoms with Crippen LogP contribution in [0.25, 0.3) is 0 Å². The van der Waals surface area contributed by atoms with E-state index in [1.807, 2.05) is 0 Å². The van der Waals surface area contributed by atoms with Crippen LogP contribution in [0.4, 0.5) is 11.4 Å². The summed E-state index contributed by atoms with van der Waals surface area (Å²) in [7, 11) is 1.24. The summed E-state index contributed by atoms with van der Waals surface area (Å²) in [5.74, 6) is -1.43. The zero-order valence-electron chi connectivity index (χ0n) is 15.8. The number of nitrogens with one attached hydrogen (secondary N) is 1. The minimum Gasteiger partial charge on any atom is -0.468 e. The Morgan fingerprint density at radius 2 is 1.83 bits per heavy atom. The molecular weight excluding hydrogens is 449 g/mol. The zero-order valence-corrected chi connectivity index (χ0v) is 18.1. The number of hydrogen-bond acceptors (Lipinski definition) is 5. The fraction of sp³-hybridized carbons (Fsp3) is 0.200. The van der Waals surface area contributed by atoms with Gasteiger partial charge in [0.25, 0.3) is 5.91 Å². The second-order valence-corrected chi connectivity index (χ2v) is 7.65. The fourth-order valence-electron chi connectivity index (χ4n) is 2.99. The molecule has 30 heavy (non-hydrogen) atoms. The van der Waals surface area contributed by atoms with E-state index in [4.69, 9.17) is 40.2 Å². The van der Waals surface area contributed by atoms with Gasteiger partial charge in [0.1, 0.15) is 12.6 Å². The molecule has 0 bridgehead atoms. The second-order valence-electron chi connectivity index (χ2n) is 6.42. The molecule has 0 spiro atoms. The SMILES string of the molecule is COC(=O)CN1C(=S)N(c2cccc(Cl)c2)C(=O)C1CC(=O)Nc1ccc(Cl)cc1. The number of amides is 2. The Morgan fingerprint density at radius 1 is 1.13 bits per heavy atom. The molecule has 2 amide bonds. The maximum atomic E-state index is 13.1. The molecule has 7 nitrogen and oxygen atoms in total. The van der Waals surface area contributed by atoms with Crippen LogP contribution in [0.2, 0.25) is 10.0 Å². The van der Waals surface area contributed by atoms with Gasteiger partial charge in [0.05, 0.1) is 19.2 Å². The Balaban J connectivity index is 1.84. The van der Waals surface area contributed by atoms with Gasteiger partial charge in [0, 0.05) is 15.7 Å². The molecule has 1 aliphatic heterocycles. The number of esters is 1. The number of halogens is 2. The van der Waals surface area contributed by atoms with E-state index >= 15 is 0 Å². The number of methoxy groups -OCH3 is 1. The van der Waals surface area contributed by atoms with Crippen LogP contribution in [0.5, 0.6) is 0 Å². The van der Waals surface area contributed by atoms with Crippen LogP contribution in [0.3, 0.4) is 0 Å². The third-order valence-corrected chi connectivity index (χ3v) is 5.32. The molecule has 1 aliphatic rings. The van der Waals surface area contributed by atoms with Crippen LogP contribution >= 0.6 is 35.4 Å². The van der Waals surface area contributed by atoms with Gasteiger partial charge in [-0.3, -0.25) is 19.3 Å². The molecule has 2 aromatic rings. The summed E-state index contributed by atoms with van der Waals surface area (Å²) in [5.41, 5.74) is 0.983. The molecule has 0 aliphatic carbocycles. The van der Waals surface area contributed by atoms with E-state index in [1.54, 1.807) is 48.5 Å². The van der Waals surface area contributed by atoms with Gasteiger partial charge >= 0.3 is 5.97 Å². The summed E-state index contributed by atoms with van der Waals surface area (Å²) in [4.78, 5) is 40.3. The topological polar surface area (TPSA) is 79.0 Å². The Bertz CT molecular complexity index is 1000. The lowest BCUT2D eigenvalue weighted by molar-refractivity contribution is -0.141. The largest absolute Gasteiger partial charge is 0.468 e. The standard InChI is InChI=1S/C20H17Cl2N3O4S/c1-29-18(27)11-24-16(10-17(26)23-14-7-5-12(21)6-8-14)19(28)25(20(24)30)15-4-2-3-13(22)9-15/h2-9,16H,10-11H2,1H3,(H,23,26). The molecule has 156 valence electrons. The van der Waals surface area contributed by atoms with E-state index in [1.165, 1.54) is 16.9 Å². The number of nitrogens with zero attached hydrogens (tertiary/aromatic N) is 2. The minimum absolute atomic E-state index is 0.0944. The van der Waals surface area contributed by atoms with Gasteiger partial charge in [-0.2, -0.15) is 0 Å². The number of benzene rings is 2. The minimum atomic E-state index is -0.970. The molecule has 2 aromatic carbocycles. The number of carbonyl (C=O) groups is 3. The maximum Gasteiger partial charge on any atom is 0.325 e. The van der Waals surface area contributed by atoms with Crippen LogP contribution in [-0.2, 0) is 19.1 Å². The van der Waals surface area contributed by atoms with Gasteiger partial charge < -0.3 is 15.0 Å². The maximum absolute atomic E-state index is 13.1. The highest BCUT2D eigenvalue weighted by molar-refractivity contribution is 7.80. The van der Waals surface area contributed by atoms with E-state index in [0.29, 0.717) is 21.4 Å². The van der Waals surface area contributed by atoms with E-state index < -0.39 is 23.8 Å².